The average molecular weight is 295 g/mol. The molecule has 1 aromatic heterocycles. The first kappa shape index (κ1) is 13.0. The van der Waals surface area contributed by atoms with Crippen LogP contribution < -0.4 is 10.2 Å². The van der Waals surface area contributed by atoms with Gasteiger partial charge < -0.3 is 15.2 Å². The van der Waals surface area contributed by atoms with Gasteiger partial charge in [0.05, 0.1) is 0 Å². The maximum absolute atomic E-state index is 3.69. The van der Waals surface area contributed by atoms with Crippen LogP contribution in [0.4, 0.5) is 5.82 Å². The summed E-state index contributed by atoms with van der Waals surface area (Å²) in [5, 5.41) is 4.98. The van der Waals surface area contributed by atoms with E-state index in [4.69, 9.17) is 0 Å². The average Bonchev–Trinajstić information content (AvgIpc) is 2.98. The van der Waals surface area contributed by atoms with Gasteiger partial charge in [0.25, 0.3) is 0 Å². The first-order valence-corrected chi connectivity index (χ1v) is 8.98. The molecule has 2 bridgehead atoms. The summed E-state index contributed by atoms with van der Waals surface area (Å²) in [6, 6.07) is 7.17. The highest BCUT2D eigenvalue weighted by Crippen LogP contribution is 2.45. The van der Waals surface area contributed by atoms with Gasteiger partial charge in [0.1, 0.15) is 5.82 Å². The molecule has 3 nitrogen and oxygen atoms in total. The standard InChI is InChI=1S/C19H25N3/c1-2-17-16(12-14(1)11-13-3-7-20-8-4-13)18-15-5-9-22(10-6-15)19(18)21-17/h1-2,12-13,15,20-21H,3-11H2. The number of H-pyrrole nitrogens is 1. The van der Waals surface area contributed by atoms with Crippen LogP contribution in [-0.4, -0.2) is 31.2 Å². The van der Waals surface area contributed by atoms with Crippen molar-refractivity contribution >= 4 is 16.7 Å². The predicted octanol–water partition coefficient (Wildman–Crippen LogP) is 3.41. The summed E-state index contributed by atoms with van der Waals surface area (Å²) in [5.41, 5.74) is 4.51. The van der Waals surface area contributed by atoms with Crippen LogP contribution in [0.1, 0.15) is 42.7 Å². The van der Waals surface area contributed by atoms with Gasteiger partial charge in [0, 0.05) is 29.6 Å². The van der Waals surface area contributed by atoms with Crippen molar-refractivity contribution in [2.24, 2.45) is 5.92 Å². The van der Waals surface area contributed by atoms with Crippen LogP contribution >= 0.6 is 0 Å². The van der Waals surface area contributed by atoms with Crippen LogP contribution in [0.2, 0.25) is 0 Å². The van der Waals surface area contributed by atoms with E-state index in [-0.39, 0.29) is 0 Å². The van der Waals surface area contributed by atoms with Gasteiger partial charge in [0.2, 0.25) is 0 Å². The van der Waals surface area contributed by atoms with E-state index < -0.39 is 0 Å². The van der Waals surface area contributed by atoms with Crippen LogP contribution in [-0.2, 0) is 6.42 Å². The van der Waals surface area contributed by atoms with E-state index in [0.29, 0.717) is 0 Å². The van der Waals surface area contributed by atoms with Crippen molar-refractivity contribution in [1.82, 2.24) is 10.3 Å². The number of anilines is 1. The molecule has 116 valence electrons. The molecule has 22 heavy (non-hydrogen) atoms. The molecule has 1 aromatic carbocycles. The van der Waals surface area contributed by atoms with E-state index >= 15 is 0 Å². The Balaban J connectivity index is 1.52. The lowest BCUT2D eigenvalue weighted by Crippen LogP contribution is -2.38. The van der Waals surface area contributed by atoms with Crippen molar-refractivity contribution in [3.8, 4) is 0 Å². The molecule has 0 saturated carbocycles. The molecule has 2 saturated heterocycles. The third kappa shape index (κ3) is 1.98. The fraction of sp³-hybridized carbons (Fsp3) is 0.579. The van der Waals surface area contributed by atoms with E-state index in [1.165, 1.54) is 80.6 Å². The summed E-state index contributed by atoms with van der Waals surface area (Å²) in [6.07, 6.45) is 6.61. The Morgan fingerprint density at radius 1 is 1.05 bits per heavy atom. The molecular formula is C19H25N3. The van der Waals surface area contributed by atoms with E-state index in [2.05, 4.69) is 33.4 Å². The van der Waals surface area contributed by atoms with Gasteiger partial charge in [-0.3, -0.25) is 0 Å². The second kappa shape index (κ2) is 5.02. The van der Waals surface area contributed by atoms with Crippen LogP contribution in [0, 0.1) is 5.92 Å². The number of fused-ring (bicyclic) bond motifs is 3. The number of nitrogens with zero attached hydrogens (tertiary/aromatic N) is 1. The van der Waals surface area contributed by atoms with Gasteiger partial charge in [-0.25, -0.2) is 0 Å². The zero-order chi connectivity index (χ0) is 14.5. The molecule has 4 aliphatic heterocycles. The van der Waals surface area contributed by atoms with Gasteiger partial charge in [-0.15, -0.1) is 0 Å². The molecule has 6 rings (SSSR count). The SMILES string of the molecule is c1cc2[nH]c3c(c2cc1CC1CCNCC1)C1CCN3CC1. The third-order valence-electron chi connectivity index (χ3n) is 6.08. The third-order valence-corrected chi connectivity index (χ3v) is 6.08. The lowest BCUT2D eigenvalue weighted by Gasteiger charge is -2.40. The van der Waals surface area contributed by atoms with Crippen molar-refractivity contribution < 1.29 is 0 Å². The molecule has 0 radical (unpaired) electrons. The van der Waals surface area contributed by atoms with Crippen LogP contribution in [0.25, 0.3) is 10.9 Å². The fourth-order valence-electron chi connectivity index (χ4n) is 4.85. The zero-order valence-electron chi connectivity index (χ0n) is 13.2. The lowest BCUT2D eigenvalue weighted by atomic mass is 9.83. The number of hydrogen-bond donors (Lipinski definition) is 2. The Morgan fingerprint density at radius 2 is 1.86 bits per heavy atom. The minimum Gasteiger partial charge on any atom is -0.358 e. The summed E-state index contributed by atoms with van der Waals surface area (Å²) in [6.45, 7) is 4.88. The molecule has 0 spiro atoms. The monoisotopic (exact) mass is 295 g/mol. The normalized spacial score (nSPS) is 22.5. The summed E-state index contributed by atoms with van der Waals surface area (Å²) < 4.78 is 0. The Bertz CT molecular complexity index is 688. The molecule has 2 N–H and O–H groups in total. The summed E-state index contributed by atoms with van der Waals surface area (Å²) in [4.78, 5) is 6.25. The Kier molecular flexibility index (Phi) is 2.97. The zero-order valence-corrected chi connectivity index (χ0v) is 13.2. The van der Waals surface area contributed by atoms with Crippen molar-refractivity contribution in [2.75, 3.05) is 31.1 Å². The van der Waals surface area contributed by atoms with E-state index in [0.717, 1.165) is 11.8 Å². The van der Waals surface area contributed by atoms with Crippen LogP contribution in [0.15, 0.2) is 18.2 Å². The van der Waals surface area contributed by atoms with Gasteiger partial charge in [-0.2, -0.15) is 0 Å². The van der Waals surface area contributed by atoms with Crippen LogP contribution in [0.3, 0.4) is 0 Å². The first-order chi connectivity index (χ1) is 10.9. The van der Waals surface area contributed by atoms with Gasteiger partial charge >= 0.3 is 0 Å². The number of rotatable bonds is 2. The van der Waals surface area contributed by atoms with Gasteiger partial charge in [0.15, 0.2) is 0 Å². The minimum atomic E-state index is 0.794. The number of aromatic nitrogens is 1. The highest BCUT2D eigenvalue weighted by Gasteiger charge is 2.33. The highest BCUT2D eigenvalue weighted by molar-refractivity contribution is 5.91. The second-order valence-corrected chi connectivity index (χ2v) is 7.43. The maximum Gasteiger partial charge on any atom is 0.110 e. The van der Waals surface area contributed by atoms with Gasteiger partial charge in [-0.1, -0.05) is 6.07 Å². The lowest BCUT2D eigenvalue weighted by molar-refractivity contribution is 0.373. The van der Waals surface area contributed by atoms with Gasteiger partial charge in [-0.05, 0) is 74.7 Å². The van der Waals surface area contributed by atoms with E-state index in [1.54, 1.807) is 5.56 Å². The number of nitrogens with one attached hydrogen (secondary N) is 2. The topological polar surface area (TPSA) is 31.1 Å². The quantitative estimate of drug-likeness (QED) is 0.889. The summed E-state index contributed by atoms with van der Waals surface area (Å²) in [7, 11) is 0. The Morgan fingerprint density at radius 3 is 2.68 bits per heavy atom. The van der Waals surface area contributed by atoms with E-state index in [1.807, 2.05) is 0 Å². The maximum atomic E-state index is 3.69. The number of benzene rings is 1. The number of aromatic amines is 1. The predicted molar refractivity (Wildman–Crippen MR) is 91.8 cm³/mol. The second-order valence-electron chi connectivity index (χ2n) is 7.43. The number of piperidine rings is 2. The molecule has 0 unspecified atom stereocenters. The van der Waals surface area contributed by atoms with Crippen molar-refractivity contribution in [3.05, 3.63) is 29.3 Å². The largest absolute Gasteiger partial charge is 0.358 e. The highest BCUT2D eigenvalue weighted by atomic mass is 15.2. The Labute approximate surface area is 132 Å². The molecule has 5 heterocycles. The summed E-state index contributed by atoms with van der Waals surface area (Å²) in [5.74, 6) is 3.09. The molecule has 0 aliphatic carbocycles. The van der Waals surface area contributed by atoms with E-state index in [9.17, 15) is 0 Å². The smallest absolute Gasteiger partial charge is 0.110 e. The molecule has 4 aliphatic rings. The molecule has 3 heteroatoms. The van der Waals surface area contributed by atoms with Crippen molar-refractivity contribution in [1.29, 1.82) is 0 Å². The van der Waals surface area contributed by atoms with Crippen molar-refractivity contribution in [3.63, 3.8) is 0 Å². The molecular weight excluding hydrogens is 270 g/mol. The molecule has 2 fully saturated rings. The van der Waals surface area contributed by atoms with Crippen LogP contribution in [0.5, 0.6) is 0 Å². The number of hydrogen-bond acceptors (Lipinski definition) is 2. The molecule has 2 aromatic rings. The molecule has 0 atom stereocenters. The molecule has 0 amide bonds. The summed E-state index contributed by atoms with van der Waals surface area (Å²) >= 11 is 0. The minimum absolute atomic E-state index is 0.794. The fourth-order valence-corrected chi connectivity index (χ4v) is 4.85. The first-order valence-electron chi connectivity index (χ1n) is 8.98. The van der Waals surface area contributed by atoms with Crippen molar-refractivity contribution in [2.45, 2.75) is 38.0 Å². The Hall–Kier alpha value is -1.48.